The molecule has 0 bridgehead atoms. The predicted octanol–water partition coefficient (Wildman–Crippen LogP) is 2.61. The summed E-state index contributed by atoms with van der Waals surface area (Å²) in [5.41, 5.74) is 2.01. The van der Waals surface area contributed by atoms with Crippen LogP contribution in [0.5, 0.6) is 0 Å². The van der Waals surface area contributed by atoms with Gasteiger partial charge in [-0.1, -0.05) is 29.8 Å². The summed E-state index contributed by atoms with van der Waals surface area (Å²) in [5, 5.41) is 5.10. The number of carbonyl (C=O) groups excluding carboxylic acids is 1. The summed E-state index contributed by atoms with van der Waals surface area (Å²) < 4.78 is 1.60. The second-order valence-electron chi connectivity index (χ2n) is 6.76. The van der Waals surface area contributed by atoms with Crippen LogP contribution in [-0.2, 0) is 0 Å². The Hall–Kier alpha value is -2.51. The van der Waals surface area contributed by atoms with Crippen molar-refractivity contribution < 1.29 is 4.79 Å². The minimum atomic E-state index is -0.148. The van der Waals surface area contributed by atoms with Gasteiger partial charge in [-0.25, -0.2) is 9.50 Å². The van der Waals surface area contributed by atoms with Gasteiger partial charge in [0, 0.05) is 49.1 Å². The average molecular weight is 385 g/mol. The van der Waals surface area contributed by atoms with Crippen LogP contribution in [0.3, 0.4) is 0 Å². The van der Waals surface area contributed by atoms with Gasteiger partial charge in [0.25, 0.3) is 11.7 Å². The van der Waals surface area contributed by atoms with E-state index >= 15 is 0 Å². The number of aromatic nitrogens is 4. The van der Waals surface area contributed by atoms with Gasteiger partial charge in [0.15, 0.2) is 0 Å². The van der Waals surface area contributed by atoms with Crippen molar-refractivity contribution in [2.45, 2.75) is 19.9 Å². The van der Waals surface area contributed by atoms with E-state index in [4.69, 9.17) is 11.6 Å². The van der Waals surface area contributed by atoms with Gasteiger partial charge < -0.3 is 4.90 Å². The summed E-state index contributed by atoms with van der Waals surface area (Å²) in [6.45, 7) is 6.89. The second kappa shape index (κ2) is 7.25. The topological polar surface area (TPSA) is 66.6 Å². The van der Waals surface area contributed by atoms with E-state index in [2.05, 4.69) is 33.0 Å². The summed E-state index contributed by atoms with van der Waals surface area (Å²) in [6, 6.07) is 9.95. The summed E-state index contributed by atoms with van der Waals surface area (Å²) in [7, 11) is 0. The normalized spacial score (nSPS) is 16.6. The highest BCUT2D eigenvalue weighted by Crippen LogP contribution is 2.27. The Morgan fingerprint density at radius 2 is 1.89 bits per heavy atom. The third-order valence-electron chi connectivity index (χ3n) is 5.13. The van der Waals surface area contributed by atoms with Crippen LogP contribution in [0.15, 0.2) is 36.5 Å². The predicted molar refractivity (Wildman–Crippen MR) is 103 cm³/mol. The van der Waals surface area contributed by atoms with Crippen molar-refractivity contribution in [3.8, 4) is 0 Å². The fourth-order valence-corrected chi connectivity index (χ4v) is 3.76. The van der Waals surface area contributed by atoms with Crippen molar-refractivity contribution in [3.05, 3.63) is 58.6 Å². The zero-order chi connectivity index (χ0) is 19.0. The molecule has 0 spiro atoms. The Balaban J connectivity index is 1.44. The van der Waals surface area contributed by atoms with Gasteiger partial charge in [0.2, 0.25) is 5.82 Å². The molecule has 1 amide bonds. The van der Waals surface area contributed by atoms with Crippen LogP contribution in [0, 0.1) is 6.92 Å². The fourth-order valence-electron chi connectivity index (χ4n) is 3.46. The molecule has 1 fully saturated rings. The Morgan fingerprint density at radius 3 is 2.59 bits per heavy atom. The molecule has 1 aliphatic rings. The van der Waals surface area contributed by atoms with E-state index in [1.165, 1.54) is 0 Å². The molecule has 7 nitrogen and oxygen atoms in total. The summed E-state index contributed by atoms with van der Waals surface area (Å²) in [4.78, 5) is 25.4. The largest absolute Gasteiger partial charge is 0.333 e. The number of nitrogens with zero attached hydrogens (tertiary/aromatic N) is 6. The third-order valence-corrected chi connectivity index (χ3v) is 5.47. The molecule has 0 N–H and O–H groups in total. The zero-order valence-corrected chi connectivity index (χ0v) is 16.1. The summed E-state index contributed by atoms with van der Waals surface area (Å²) >= 11 is 6.33. The van der Waals surface area contributed by atoms with Gasteiger partial charge >= 0.3 is 0 Å². The molecule has 140 valence electrons. The second-order valence-corrected chi connectivity index (χ2v) is 7.17. The Kier molecular flexibility index (Phi) is 4.80. The van der Waals surface area contributed by atoms with E-state index < -0.39 is 0 Å². The van der Waals surface area contributed by atoms with Gasteiger partial charge in [-0.05, 0) is 31.5 Å². The molecule has 0 saturated carbocycles. The van der Waals surface area contributed by atoms with E-state index in [1.54, 1.807) is 15.6 Å². The van der Waals surface area contributed by atoms with Crippen LogP contribution in [0.4, 0.5) is 0 Å². The minimum absolute atomic E-state index is 0.148. The number of carbonyl (C=O) groups is 1. The average Bonchev–Trinajstić information content (AvgIpc) is 3.13. The lowest BCUT2D eigenvalue weighted by molar-refractivity contribution is 0.0571. The van der Waals surface area contributed by atoms with Gasteiger partial charge in [0.1, 0.15) is 0 Å². The van der Waals surface area contributed by atoms with Crippen LogP contribution >= 0.6 is 11.6 Å². The van der Waals surface area contributed by atoms with Crippen LogP contribution in [0.1, 0.15) is 34.8 Å². The highest BCUT2D eigenvalue weighted by molar-refractivity contribution is 6.31. The number of hydrogen-bond donors (Lipinski definition) is 0. The van der Waals surface area contributed by atoms with Crippen LogP contribution in [-0.4, -0.2) is 61.5 Å². The first kappa shape index (κ1) is 17.9. The SMILES string of the molecule is Cc1ccnc2nc(C(=O)N3CCN(C(C)c4ccccc4Cl)CC3)nn12. The Bertz CT molecular complexity index is 979. The highest BCUT2D eigenvalue weighted by atomic mass is 35.5. The molecule has 1 aliphatic heterocycles. The maximum absolute atomic E-state index is 12.8. The smallest absolute Gasteiger partial charge is 0.293 e. The maximum Gasteiger partial charge on any atom is 0.293 e. The van der Waals surface area contributed by atoms with E-state index in [0.29, 0.717) is 18.9 Å². The number of fused-ring (bicyclic) bond motifs is 1. The quantitative estimate of drug-likeness (QED) is 0.694. The lowest BCUT2D eigenvalue weighted by Gasteiger charge is -2.38. The molecule has 1 saturated heterocycles. The van der Waals surface area contributed by atoms with Crippen LogP contribution in [0.2, 0.25) is 5.02 Å². The lowest BCUT2D eigenvalue weighted by atomic mass is 10.1. The molecule has 3 heterocycles. The van der Waals surface area contributed by atoms with Crippen molar-refractivity contribution in [2.24, 2.45) is 0 Å². The third kappa shape index (κ3) is 3.40. The summed E-state index contributed by atoms with van der Waals surface area (Å²) in [5.74, 6) is 0.499. The number of aryl methyl sites for hydroxylation is 1. The van der Waals surface area contributed by atoms with E-state index in [0.717, 1.165) is 29.4 Å². The number of rotatable bonds is 3. The van der Waals surface area contributed by atoms with Gasteiger partial charge in [0.05, 0.1) is 0 Å². The molecular formula is C19H21ClN6O. The Morgan fingerprint density at radius 1 is 1.15 bits per heavy atom. The van der Waals surface area contributed by atoms with Gasteiger partial charge in [-0.3, -0.25) is 9.69 Å². The lowest BCUT2D eigenvalue weighted by Crippen LogP contribution is -2.49. The van der Waals surface area contributed by atoms with Gasteiger partial charge in [-0.2, -0.15) is 4.98 Å². The number of benzene rings is 1. The molecule has 4 rings (SSSR count). The number of piperazine rings is 1. The molecule has 1 atom stereocenters. The number of hydrogen-bond acceptors (Lipinski definition) is 5. The maximum atomic E-state index is 12.8. The van der Waals surface area contributed by atoms with Crippen LogP contribution in [0.25, 0.3) is 5.78 Å². The molecule has 8 heteroatoms. The first-order valence-electron chi connectivity index (χ1n) is 9.01. The van der Waals surface area contributed by atoms with Crippen molar-refractivity contribution in [3.63, 3.8) is 0 Å². The van der Waals surface area contributed by atoms with Crippen molar-refractivity contribution in [2.75, 3.05) is 26.2 Å². The molecule has 3 aromatic rings. The molecule has 0 aliphatic carbocycles. The van der Waals surface area contributed by atoms with E-state index in [9.17, 15) is 4.79 Å². The molecule has 1 aromatic carbocycles. The van der Waals surface area contributed by atoms with Crippen molar-refractivity contribution in [1.82, 2.24) is 29.4 Å². The minimum Gasteiger partial charge on any atom is -0.333 e. The van der Waals surface area contributed by atoms with E-state index in [1.807, 2.05) is 31.2 Å². The van der Waals surface area contributed by atoms with E-state index in [-0.39, 0.29) is 17.8 Å². The first-order chi connectivity index (χ1) is 13.0. The van der Waals surface area contributed by atoms with Crippen molar-refractivity contribution >= 4 is 23.3 Å². The zero-order valence-electron chi connectivity index (χ0n) is 15.3. The standard InChI is InChI=1S/C19H21ClN6O/c1-13-7-8-21-19-22-17(23-26(13)19)18(27)25-11-9-24(10-12-25)14(2)15-5-3-4-6-16(15)20/h3-8,14H,9-12H2,1-2H3. The highest BCUT2D eigenvalue weighted by Gasteiger charge is 2.28. The Labute approximate surface area is 162 Å². The first-order valence-corrected chi connectivity index (χ1v) is 9.38. The fraction of sp³-hybridized carbons (Fsp3) is 0.368. The molecule has 2 aromatic heterocycles. The monoisotopic (exact) mass is 384 g/mol. The van der Waals surface area contributed by atoms with Gasteiger partial charge in [-0.15, -0.1) is 5.10 Å². The number of halogens is 1. The van der Waals surface area contributed by atoms with Crippen molar-refractivity contribution in [1.29, 1.82) is 0 Å². The molecule has 1 unspecified atom stereocenters. The van der Waals surface area contributed by atoms with Crippen LogP contribution < -0.4 is 0 Å². The molecule has 27 heavy (non-hydrogen) atoms. The summed E-state index contributed by atoms with van der Waals surface area (Å²) in [6.07, 6.45) is 1.67. The number of amides is 1. The molecule has 0 radical (unpaired) electrons. The molecular weight excluding hydrogens is 364 g/mol.